The first-order chi connectivity index (χ1) is 12.5. The van der Waals surface area contributed by atoms with Gasteiger partial charge in [0.1, 0.15) is 5.69 Å². The third-order valence-electron chi connectivity index (χ3n) is 4.88. The number of benzene rings is 1. The zero-order valence-electron chi connectivity index (χ0n) is 15.5. The minimum Gasteiger partial charge on any atom is -0.347 e. The molecule has 0 spiro atoms. The molecule has 0 bridgehead atoms. The van der Waals surface area contributed by atoms with Crippen LogP contribution in [0.5, 0.6) is 0 Å². The van der Waals surface area contributed by atoms with E-state index in [1.165, 1.54) is 5.56 Å². The van der Waals surface area contributed by atoms with E-state index in [1.807, 2.05) is 23.8 Å². The molecule has 2 aromatic rings. The molecule has 1 aromatic heterocycles. The van der Waals surface area contributed by atoms with E-state index >= 15 is 0 Å². The minimum atomic E-state index is -0.0398. The molecule has 3 rings (SSSR count). The highest BCUT2D eigenvalue weighted by molar-refractivity contribution is 9.10. The normalized spacial score (nSPS) is 16.0. The Kier molecular flexibility index (Phi) is 6.51. The summed E-state index contributed by atoms with van der Waals surface area (Å²) in [6, 6.07) is 10.4. The van der Waals surface area contributed by atoms with Gasteiger partial charge in [-0.25, -0.2) is 0 Å². The average molecular weight is 419 g/mol. The lowest BCUT2D eigenvalue weighted by Gasteiger charge is -2.32. The summed E-state index contributed by atoms with van der Waals surface area (Å²) < 4.78 is 2.88. The lowest BCUT2D eigenvalue weighted by atomic mass is 10.1. The minimum absolute atomic E-state index is 0.0398. The second-order valence-corrected chi connectivity index (χ2v) is 7.83. The van der Waals surface area contributed by atoms with Crippen molar-refractivity contribution in [3.8, 4) is 0 Å². The Morgan fingerprint density at radius 1 is 1.15 bits per heavy atom. The molecule has 140 valence electrons. The highest BCUT2D eigenvalue weighted by Gasteiger charge is 2.14. The first kappa shape index (κ1) is 19.1. The maximum Gasteiger partial charge on any atom is 0.268 e. The van der Waals surface area contributed by atoms with Crippen LogP contribution in [0.3, 0.4) is 0 Å². The number of hydrogen-bond donors (Lipinski definition) is 1. The summed E-state index contributed by atoms with van der Waals surface area (Å²) in [5.41, 5.74) is 3.13. The molecule has 1 aliphatic heterocycles. The number of nitrogens with one attached hydrogen (secondary N) is 1. The van der Waals surface area contributed by atoms with Crippen molar-refractivity contribution in [2.24, 2.45) is 0 Å². The predicted octanol–water partition coefficient (Wildman–Crippen LogP) is 2.95. The summed E-state index contributed by atoms with van der Waals surface area (Å²) in [4.78, 5) is 17.3. The van der Waals surface area contributed by atoms with Crippen LogP contribution in [0.25, 0.3) is 0 Å². The van der Waals surface area contributed by atoms with Gasteiger partial charge in [-0.1, -0.05) is 24.3 Å². The van der Waals surface area contributed by atoms with Gasteiger partial charge in [0.2, 0.25) is 0 Å². The monoisotopic (exact) mass is 418 g/mol. The van der Waals surface area contributed by atoms with Crippen molar-refractivity contribution in [1.82, 2.24) is 19.7 Å². The van der Waals surface area contributed by atoms with Crippen LogP contribution in [0.2, 0.25) is 0 Å². The maximum absolute atomic E-state index is 12.5. The van der Waals surface area contributed by atoms with Gasteiger partial charge in [0.05, 0.1) is 0 Å². The van der Waals surface area contributed by atoms with Crippen molar-refractivity contribution in [3.05, 3.63) is 57.8 Å². The zero-order chi connectivity index (χ0) is 18.5. The summed E-state index contributed by atoms with van der Waals surface area (Å²) in [5.74, 6) is -0.0398. The summed E-state index contributed by atoms with van der Waals surface area (Å²) in [5, 5.41) is 3.04. The molecule has 2 heterocycles. The molecule has 1 amide bonds. The van der Waals surface area contributed by atoms with E-state index in [4.69, 9.17) is 0 Å². The van der Waals surface area contributed by atoms with Crippen molar-refractivity contribution < 1.29 is 4.79 Å². The molecular weight excluding hydrogens is 392 g/mol. The van der Waals surface area contributed by atoms with Crippen molar-refractivity contribution in [2.45, 2.75) is 26.6 Å². The van der Waals surface area contributed by atoms with E-state index in [0.29, 0.717) is 12.2 Å². The molecule has 1 aromatic carbocycles. The summed E-state index contributed by atoms with van der Waals surface area (Å²) in [7, 11) is 2.17. The number of rotatable bonds is 6. The van der Waals surface area contributed by atoms with Crippen LogP contribution in [0.4, 0.5) is 0 Å². The highest BCUT2D eigenvalue weighted by atomic mass is 79.9. The number of nitrogens with zero attached hydrogens (tertiary/aromatic N) is 3. The largest absolute Gasteiger partial charge is 0.347 e. The van der Waals surface area contributed by atoms with E-state index in [2.05, 4.69) is 62.4 Å². The molecule has 0 aliphatic carbocycles. The number of amides is 1. The molecule has 6 heteroatoms. The van der Waals surface area contributed by atoms with Gasteiger partial charge >= 0.3 is 0 Å². The number of carbonyl (C=O) groups is 1. The van der Waals surface area contributed by atoms with Crippen LogP contribution in [0, 0.1) is 0 Å². The van der Waals surface area contributed by atoms with E-state index in [-0.39, 0.29) is 5.91 Å². The second-order valence-electron chi connectivity index (χ2n) is 6.91. The third kappa shape index (κ3) is 4.96. The number of aryl methyl sites for hydroxylation is 1. The van der Waals surface area contributed by atoms with E-state index in [1.54, 1.807) is 0 Å². The first-order valence-corrected chi connectivity index (χ1v) is 9.97. The molecule has 1 fully saturated rings. The maximum atomic E-state index is 12.5. The number of likely N-dealkylation sites (N-methyl/N-ethyl adjacent to an activating group) is 1. The summed E-state index contributed by atoms with van der Waals surface area (Å²) >= 11 is 3.44. The van der Waals surface area contributed by atoms with Crippen molar-refractivity contribution in [1.29, 1.82) is 0 Å². The fraction of sp³-hybridized carbons (Fsp3) is 0.450. The number of carbonyl (C=O) groups excluding carboxylic acids is 1. The third-order valence-corrected chi connectivity index (χ3v) is 5.32. The van der Waals surface area contributed by atoms with Gasteiger partial charge in [-0.3, -0.25) is 9.69 Å². The second kappa shape index (κ2) is 8.84. The fourth-order valence-electron chi connectivity index (χ4n) is 3.30. The molecule has 0 unspecified atom stereocenters. The molecule has 1 saturated heterocycles. The Morgan fingerprint density at radius 2 is 1.88 bits per heavy atom. The Bertz CT molecular complexity index is 750. The van der Waals surface area contributed by atoms with Crippen molar-refractivity contribution in [2.75, 3.05) is 33.2 Å². The van der Waals surface area contributed by atoms with Gasteiger partial charge < -0.3 is 14.8 Å². The number of halogens is 1. The average Bonchev–Trinajstić information content (AvgIpc) is 3.03. The van der Waals surface area contributed by atoms with Gasteiger partial charge in [-0.15, -0.1) is 0 Å². The summed E-state index contributed by atoms with van der Waals surface area (Å²) in [6.45, 7) is 8.80. The Hall–Kier alpha value is -1.63. The quantitative estimate of drug-likeness (QED) is 0.783. The molecule has 26 heavy (non-hydrogen) atoms. The Morgan fingerprint density at radius 3 is 2.62 bits per heavy atom. The number of aromatic nitrogens is 1. The Balaban J connectivity index is 1.57. The van der Waals surface area contributed by atoms with Gasteiger partial charge in [0.25, 0.3) is 5.91 Å². The SMILES string of the molecule is CCn1cc(Br)cc1C(=O)NCc1cccc(CN2CCN(C)CC2)c1. The van der Waals surface area contributed by atoms with Crippen LogP contribution < -0.4 is 5.32 Å². The molecule has 0 atom stereocenters. The molecule has 1 aliphatic rings. The van der Waals surface area contributed by atoms with Gasteiger partial charge in [-0.05, 0) is 47.1 Å². The van der Waals surface area contributed by atoms with Gasteiger partial charge in [0.15, 0.2) is 0 Å². The van der Waals surface area contributed by atoms with Crippen molar-refractivity contribution in [3.63, 3.8) is 0 Å². The van der Waals surface area contributed by atoms with Gasteiger partial charge in [-0.2, -0.15) is 0 Å². The van der Waals surface area contributed by atoms with Crippen LogP contribution in [-0.2, 0) is 19.6 Å². The van der Waals surface area contributed by atoms with Crippen LogP contribution in [0.15, 0.2) is 41.0 Å². The predicted molar refractivity (Wildman–Crippen MR) is 108 cm³/mol. The molecule has 5 nitrogen and oxygen atoms in total. The first-order valence-electron chi connectivity index (χ1n) is 9.17. The lowest BCUT2D eigenvalue weighted by Crippen LogP contribution is -2.43. The van der Waals surface area contributed by atoms with Gasteiger partial charge in [0, 0.05) is 56.5 Å². The topological polar surface area (TPSA) is 40.5 Å². The number of hydrogen-bond acceptors (Lipinski definition) is 3. The standard InChI is InChI=1S/C20H27BrN4O/c1-3-25-15-18(21)12-19(25)20(26)22-13-16-5-4-6-17(11-16)14-24-9-7-23(2)8-10-24/h4-6,11-12,15H,3,7-10,13-14H2,1-2H3,(H,22,26). The van der Waals surface area contributed by atoms with Crippen LogP contribution in [0.1, 0.15) is 28.5 Å². The van der Waals surface area contributed by atoms with Crippen molar-refractivity contribution >= 4 is 21.8 Å². The van der Waals surface area contributed by atoms with E-state index < -0.39 is 0 Å². The van der Waals surface area contributed by atoms with Crippen LogP contribution >= 0.6 is 15.9 Å². The lowest BCUT2D eigenvalue weighted by molar-refractivity contribution is 0.0941. The number of piperazine rings is 1. The summed E-state index contributed by atoms with van der Waals surface area (Å²) in [6.07, 6.45) is 1.94. The zero-order valence-corrected chi connectivity index (χ0v) is 17.1. The fourth-order valence-corrected chi connectivity index (χ4v) is 3.77. The molecular formula is C20H27BrN4O. The molecule has 0 saturated carbocycles. The highest BCUT2D eigenvalue weighted by Crippen LogP contribution is 2.15. The molecule has 1 N–H and O–H groups in total. The smallest absolute Gasteiger partial charge is 0.268 e. The molecule has 0 radical (unpaired) electrons. The van der Waals surface area contributed by atoms with E-state index in [0.717, 1.165) is 49.3 Å². The van der Waals surface area contributed by atoms with Crippen LogP contribution in [-0.4, -0.2) is 53.5 Å². The van der Waals surface area contributed by atoms with E-state index in [9.17, 15) is 4.79 Å². The Labute approximate surface area is 164 Å².